The van der Waals surface area contributed by atoms with E-state index in [4.69, 9.17) is 14.2 Å². The van der Waals surface area contributed by atoms with Crippen LogP contribution in [0.4, 0.5) is 0 Å². The normalized spacial score (nSPS) is 42.3. The van der Waals surface area contributed by atoms with Gasteiger partial charge >= 0.3 is 11.9 Å². The van der Waals surface area contributed by atoms with Crippen molar-refractivity contribution in [3.8, 4) is 0 Å². The molecule has 0 spiro atoms. The maximum Gasteiger partial charge on any atom is 0.310 e. The molecule has 3 heterocycles. The van der Waals surface area contributed by atoms with Gasteiger partial charge in [-0.2, -0.15) is 0 Å². The first-order valence-corrected chi connectivity index (χ1v) is 16.1. The molecular formula is C31H48N3O7+. The van der Waals surface area contributed by atoms with Crippen LogP contribution in [0, 0.1) is 35.5 Å². The molecule has 6 aliphatic rings. The number of nitrogens with one attached hydrogen (secondary N) is 1. The fourth-order valence-corrected chi connectivity index (χ4v) is 9.89. The van der Waals surface area contributed by atoms with Crippen LogP contribution in [0.2, 0.25) is 0 Å². The monoisotopic (exact) mass is 574 g/mol. The lowest BCUT2D eigenvalue weighted by Crippen LogP contribution is -2.98. The standard InChI is InChI=1S/C31H47N3O7/c1-16(28(35)33-24-14-17(30(37)39-2)8-10-22(24)31(38)40-3)41-18-9-11-25-23(15-18)20-12-13-32-26-19-6-4-5-7-21(19)29(36)34(25)27(20)26/h16-27,32H,4-15H2,1-3H3,(H,33,35)/p+1. The van der Waals surface area contributed by atoms with E-state index in [1.165, 1.54) is 33.5 Å². The molecule has 10 nitrogen and oxygen atoms in total. The lowest BCUT2D eigenvalue weighted by atomic mass is 9.66. The number of amides is 2. The van der Waals surface area contributed by atoms with Crippen LogP contribution in [0.15, 0.2) is 0 Å². The van der Waals surface area contributed by atoms with Crippen molar-refractivity contribution >= 4 is 23.8 Å². The Kier molecular flexibility index (Phi) is 8.33. The van der Waals surface area contributed by atoms with Gasteiger partial charge in [0.05, 0.1) is 44.7 Å². The maximum atomic E-state index is 13.8. The van der Waals surface area contributed by atoms with E-state index >= 15 is 0 Å². The van der Waals surface area contributed by atoms with E-state index in [0.29, 0.717) is 61.0 Å². The lowest BCUT2D eigenvalue weighted by molar-refractivity contribution is -0.713. The lowest BCUT2D eigenvalue weighted by Gasteiger charge is -2.50. The fraction of sp³-hybridized carbons (Fsp3) is 0.871. The number of hydrogen-bond acceptors (Lipinski definition) is 7. The summed E-state index contributed by atoms with van der Waals surface area (Å²) in [5, 5.41) is 5.56. The van der Waals surface area contributed by atoms with Crippen molar-refractivity contribution in [2.75, 3.05) is 20.8 Å². The molecule has 10 heteroatoms. The van der Waals surface area contributed by atoms with E-state index in [-0.39, 0.29) is 35.8 Å². The third-order valence-electron chi connectivity index (χ3n) is 11.7. The molecule has 0 aromatic rings. The molecule has 3 aliphatic carbocycles. The van der Waals surface area contributed by atoms with Crippen LogP contribution in [0.25, 0.3) is 0 Å². The van der Waals surface area contributed by atoms with E-state index in [2.05, 4.69) is 15.5 Å². The smallest absolute Gasteiger partial charge is 0.310 e. The number of methoxy groups -OCH3 is 2. The third-order valence-corrected chi connectivity index (χ3v) is 11.7. The predicted molar refractivity (Wildman–Crippen MR) is 147 cm³/mol. The average molecular weight is 575 g/mol. The molecule has 12 atom stereocenters. The summed E-state index contributed by atoms with van der Waals surface area (Å²) in [6.45, 7) is 2.91. The summed E-state index contributed by atoms with van der Waals surface area (Å²) < 4.78 is 16.3. The number of quaternary nitrogens is 1. The summed E-state index contributed by atoms with van der Waals surface area (Å²) in [7, 11) is 2.71. The second kappa shape index (κ2) is 11.8. The second-order valence-electron chi connectivity index (χ2n) is 13.6. The number of piperidine rings is 2. The summed E-state index contributed by atoms with van der Waals surface area (Å²) in [6.07, 6.45) is 9.07. The molecule has 6 rings (SSSR count). The van der Waals surface area contributed by atoms with Gasteiger partial charge < -0.3 is 29.7 Å². The SMILES string of the molecule is COC(=O)C1CCC(C(=O)OC)C(NC(=O)C(C)OC2CCC3C(C2)C2CC[NH2+]C4C5CCCCC5C(=O)N3C24)C1. The van der Waals surface area contributed by atoms with Crippen LogP contribution in [0.5, 0.6) is 0 Å². The van der Waals surface area contributed by atoms with Gasteiger partial charge in [0.15, 0.2) is 0 Å². The molecule has 12 unspecified atom stereocenters. The van der Waals surface area contributed by atoms with Gasteiger partial charge in [-0.25, -0.2) is 0 Å². The fourth-order valence-electron chi connectivity index (χ4n) is 9.89. The maximum absolute atomic E-state index is 13.8. The van der Waals surface area contributed by atoms with Gasteiger partial charge in [-0.15, -0.1) is 0 Å². The molecule has 0 bridgehead atoms. The molecule has 41 heavy (non-hydrogen) atoms. The molecule has 3 N–H and O–H groups in total. The minimum Gasteiger partial charge on any atom is -0.469 e. The van der Waals surface area contributed by atoms with Crippen molar-refractivity contribution in [1.29, 1.82) is 0 Å². The van der Waals surface area contributed by atoms with Crippen molar-refractivity contribution in [3.63, 3.8) is 0 Å². The second-order valence-corrected chi connectivity index (χ2v) is 13.6. The predicted octanol–water partition coefficient (Wildman–Crippen LogP) is 1.16. The first-order chi connectivity index (χ1) is 19.8. The number of fused-ring (bicyclic) bond motifs is 5. The Morgan fingerprint density at radius 2 is 1.68 bits per heavy atom. The minimum absolute atomic E-state index is 0.0364. The topological polar surface area (TPSA) is 128 Å². The number of carbonyl (C=O) groups excluding carboxylic acids is 4. The summed E-state index contributed by atoms with van der Waals surface area (Å²) in [4.78, 5) is 54.1. The Labute approximate surface area is 242 Å². The van der Waals surface area contributed by atoms with Gasteiger partial charge in [0.25, 0.3) is 0 Å². The van der Waals surface area contributed by atoms with E-state index < -0.39 is 18.1 Å². The summed E-state index contributed by atoms with van der Waals surface area (Å²) in [6, 6.07) is 0.690. The van der Waals surface area contributed by atoms with Gasteiger partial charge in [0, 0.05) is 30.3 Å². The molecule has 0 radical (unpaired) electrons. The highest BCUT2D eigenvalue weighted by molar-refractivity contribution is 5.83. The molecule has 228 valence electrons. The van der Waals surface area contributed by atoms with Crippen LogP contribution in [0.3, 0.4) is 0 Å². The van der Waals surface area contributed by atoms with Gasteiger partial charge in [0.2, 0.25) is 11.8 Å². The Bertz CT molecular complexity index is 1040. The zero-order valence-electron chi connectivity index (χ0n) is 24.8. The molecule has 3 aliphatic heterocycles. The Balaban J connectivity index is 1.10. The van der Waals surface area contributed by atoms with Gasteiger partial charge in [-0.1, -0.05) is 12.8 Å². The number of esters is 2. The molecule has 3 saturated carbocycles. The molecular weight excluding hydrogens is 526 g/mol. The first kappa shape index (κ1) is 28.9. The zero-order valence-corrected chi connectivity index (χ0v) is 24.8. The van der Waals surface area contributed by atoms with Crippen LogP contribution in [-0.4, -0.2) is 85.8 Å². The van der Waals surface area contributed by atoms with Gasteiger partial charge in [-0.05, 0) is 70.1 Å². The molecule has 3 saturated heterocycles. The van der Waals surface area contributed by atoms with Crippen LogP contribution in [-0.2, 0) is 33.4 Å². The van der Waals surface area contributed by atoms with E-state index in [1.54, 1.807) is 6.92 Å². The highest BCUT2D eigenvalue weighted by atomic mass is 16.5. The van der Waals surface area contributed by atoms with Crippen LogP contribution < -0.4 is 10.6 Å². The summed E-state index contributed by atoms with van der Waals surface area (Å²) in [5.74, 6) is 0.297. The van der Waals surface area contributed by atoms with Crippen molar-refractivity contribution in [2.45, 2.75) is 114 Å². The molecule has 2 amide bonds. The highest BCUT2D eigenvalue weighted by Gasteiger charge is 2.63. The number of ether oxygens (including phenoxy) is 3. The average Bonchev–Trinajstić information content (AvgIpc) is 3.33. The summed E-state index contributed by atoms with van der Waals surface area (Å²) in [5.41, 5.74) is 0. The molecule has 6 fully saturated rings. The third kappa shape index (κ3) is 5.17. The van der Waals surface area contributed by atoms with Crippen molar-refractivity contribution < 1.29 is 38.7 Å². The van der Waals surface area contributed by atoms with Crippen molar-refractivity contribution in [2.24, 2.45) is 35.5 Å². The van der Waals surface area contributed by atoms with Crippen LogP contribution >= 0.6 is 0 Å². The summed E-state index contributed by atoms with van der Waals surface area (Å²) >= 11 is 0. The van der Waals surface area contributed by atoms with Gasteiger partial charge in [-0.3, -0.25) is 19.2 Å². The zero-order chi connectivity index (χ0) is 28.8. The number of nitrogens with zero attached hydrogens (tertiary/aromatic N) is 1. The van der Waals surface area contributed by atoms with E-state index in [9.17, 15) is 19.2 Å². The van der Waals surface area contributed by atoms with Crippen molar-refractivity contribution in [1.82, 2.24) is 10.2 Å². The number of hydrogen-bond donors (Lipinski definition) is 2. The largest absolute Gasteiger partial charge is 0.469 e. The first-order valence-electron chi connectivity index (χ1n) is 16.1. The molecule has 0 aromatic heterocycles. The Morgan fingerprint density at radius 1 is 0.902 bits per heavy atom. The highest BCUT2D eigenvalue weighted by Crippen LogP contribution is 2.53. The van der Waals surface area contributed by atoms with Crippen molar-refractivity contribution in [3.05, 3.63) is 0 Å². The number of rotatable bonds is 6. The quantitative estimate of drug-likeness (QED) is 0.456. The number of carbonyl (C=O) groups is 4. The van der Waals surface area contributed by atoms with Crippen LogP contribution in [0.1, 0.15) is 77.6 Å². The minimum atomic E-state index is -0.686. The Hall–Kier alpha value is -2.20. The Morgan fingerprint density at radius 3 is 2.46 bits per heavy atom. The van der Waals surface area contributed by atoms with Gasteiger partial charge in [0.1, 0.15) is 12.1 Å². The van der Waals surface area contributed by atoms with E-state index in [1.807, 2.05) is 0 Å². The van der Waals surface area contributed by atoms with E-state index in [0.717, 1.165) is 38.6 Å². The number of nitrogens with two attached hydrogens (primary N) is 1. The molecule has 0 aromatic carbocycles.